The van der Waals surface area contributed by atoms with Gasteiger partial charge in [-0.3, -0.25) is 4.79 Å². The van der Waals surface area contributed by atoms with Crippen LogP contribution in [0.3, 0.4) is 0 Å². The Balaban J connectivity index is 3.76. The zero-order chi connectivity index (χ0) is 11.1. The molecule has 0 aromatic rings. The van der Waals surface area contributed by atoms with Crippen molar-refractivity contribution < 1.29 is 9.90 Å². The van der Waals surface area contributed by atoms with Gasteiger partial charge in [-0.15, -0.1) is 0 Å². The first-order valence-electron chi connectivity index (χ1n) is 5.11. The zero-order valence-corrected chi connectivity index (χ0v) is 9.58. The number of nitrogens with zero attached hydrogens (tertiary/aromatic N) is 1. The quantitative estimate of drug-likeness (QED) is 0.641. The summed E-state index contributed by atoms with van der Waals surface area (Å²) in [5.41, 5.74) is 0. The minimum Gasteiger partial charge on any atom is -0.392 e. The van der Waals surface area contributed by atoms with Crippen LogP contribution in [0.4, 0.5) is 0 Å². The molecule has 0 spiro atoms. The Morgan fingerprint density at radius 1 is 1.50 bits per heavy atom. The van der Waals surface area contributed by atoms with Crippen LogP contribution < -0.4 is 5.32 Å². The SMILES string of the molecule is CCN(C)CC(C)C(=O)NCC(C)O. The van der Waals surface area contributed by atoms with Crippen LogP contribution in [-0.2, 0) is 4.79 Å². The van der Waals surface area contributed by atoms with E-state index in [9.17, 15) is 4.79 Å². The first-order chi connectivity index (χ1) is 6.47. The van der Waals surface area contributed by atoms with Crippen LogP contribution in [0.15, 0.2) is 0 Å². The molecule has 0 aliphatic carbocycles. The summed E-state index contributed by atoms with van der Waals surface area (Å²) in [7, 11) is 1.98. The lowest BCUT2D eigenvalue weighted by molar-refractivity contribution is -0.125. The van der Waals surface area contributed by atoms with Crippen molar-refractivity contribution in [1.82, 2.24) is 10.2 Å². The average Bonchev–Trinajstić information content (AvgIpc) is 2.13. The molecule has 84 valence electrons. The van der Waals surface area contributed by atoms with E-state index in [-0.39, 0.29) is 11.8 Å². The monoisotopic (exact) mass is 202 g/mol. The van der Waals surface area contributed by atoms with Crippen LogP contribution in [0.2, 0.25) is 0 Å². The fraction of sp³-hybridized carbons (Fsp3) is 0.900. The highest BCUT2D eigenvalue weighted by Gasteiger charge is 2.14. The lowest BCUT2D eigenvalue weighted by atomic mass is 10.1. The second kappa shape index (κ2) is 6.79. The van der Waals surface area contributed by atoms with Crippen LogP contribution in [0.1, 0.15) is 20.8 Å². The van der Waals surface area contributed by atoms with Gasteiger partial charge in [0.05, 0.1) is 6.10 Å². The van der Waals surface area contributed by atoms with Crippen molar-refractivity contribution in [2.45, 2.75) is 26.9 Å². The largest absolute Gasteiger partial charge is 0.392 e. The van der Waals surface area contributed by atoms with Crippen LogP contribution in [-0.4, -0.2) is 48.7 Å². The van der Waals surface area contributed by atoms with Crippen molar-refractivity contribution in [1.29, 1.82) is 0 Å². The van der Waals surface area contributed by atoms with E-state index in [1.807, 2.05) is 14.0 Å². The predicted octanol–water partition coefficient (Wildman–Crippen LogP) is 0.0712. The van der Waals surface area contributed by atoms with E-state index >= 15 is 0 Å². The first-order valence-corrected chi connectivity index (χ1v) is 5.11. The van der Waals surface area contributed by atoms with Gasteiger partial charge in [-0.25, -0.2) is 0 Å². The third-order valence-electron chi connectivity index (χ3n) is 2.14. The van der Waals surface area contributed by atoms with Crippen molar-refractivity contribution in [2.75, 3.05) is 26.7 Å². The molecule has 0 bridgehead atoms. The standard InChI is InChI=1S/C10H22N2O2/c1-5-12(4)7-8(2)10(14)11-6-9(3)13/h8-9,13H,5-7H2,1-4H3,(H,11,14). The number of amides is 1. The Morgan fingerprint density at radius 2 is 2.07 bits per heavy atom. The van der Waals surface area contributed by atoms with E-state index in [2.05, 4.69) is 17.1 Å². The number of carbonyl (C=O) groups excluding carboxylic acids is 1. The zero-order valence-electron chi connectivity index (χ0n) is 9.58. The van der Waals surface area contributed by atoms with Gasteiger partial charge in [0, 0.05) is 19.0 Å². The normalized spacial score (nSPS) is 15.3. The Labute approximate surface area is 86.3 Å². The van der Waals surface area contributed by atoms with Gasteiger partial charge in [0.15, 0.2) is 0 Å². The third-order valence-corrected chi connectivity index (χ3v) is 2.14. The first kappa shape index (κ1) is 13.4. The van der Waals surface area contributed by atoms with Crippen molar-refractivity contribution in [3.8, 4) is 0 Å². The van der Waals surface area contributed by atoms with Gasteiger partial charge in [0.1, 0.15) is 0 Å². The molecule has 0 radical (unpaired) electrons. The Morgan fingerprint density at radius 3 is 2.50 bits per heavy atom. The summed E-state index contributed by atoms with van der Waals surface area (Å²) in [6.07, 6.45) is -0.477. The van der Waals surface area contributed by atoms with Gasteiger partial charge in [0.2, 0.25) is 5.91 Å². The van der Waals surface area contributed by atoms with Gasteiger partial charge in [-0.2, -0.15) is 0 Å². The highest BCUT2D eigenvalue weighted by Crippen LogP contribution is 1.97. The summed E-state index contributed by atoms with van der Waals surface area (Å²) in [4.78, 5) is 13.5. The maximum absolute atomic E-state index is 11.5. The molecule has 4 nitrogen and oxygen atoms in total. The van der Waals surface area contributed by atoms with Crippen LogP contribution in [0.25, 0.3) is 0 Å². The minimum atomic E-state index is -0.477. The molecule has 0 saturated carbocycles. The van der Waals surface area contributed by atoms with Gasteiger partial charge in [-0.05, 0) is 20.5 Å². The second-order valence-electron chi connectivity index (χ2n) is 3.85. The van der Waals surface area contributed by atoms with E-state index in [4.69, 9.17) is 5.11 Å². The lowest BCUT2D eigenvalue weighted by Crippen LogP contribution is -2.38. The highest BCUT2D eigenvalue weighted by atomic mass is 16.3. The fourth-order valence-electron chi connectivity index (χ4n) is 1.10. The summed E-state index contributed by atoms with van der Waals surface area (Å²) >= 11 is 0. The number of rotatable bonds is 6. The molecular weight excluding hydrogens is 180 g/mol. The van der Waals surface area contributed by atoms with E-state index in [0.29, 0.717) is 6.54 Å². The molecule has 0 rings (SSSR count). The summed E-state index contributed by atoms with van der Waals surface area (Å²) in [6.45, 7) is 7.63. The minimum absolute atomic E-state index is 0.00574. The molecule has 14 heavy (non-hydrogen) atoms. The van der Waals surface area contributed by atoms with Crippen molar-refractivity contribution in [2.24, 2.45) is 5.92 Å². The van der Waals surface area contributed by atoms with E-state index in [0.717, 1.165) is 13.1 Å². The Hall–Kier alpha value is -0.610. The summed E-state index contributed by atoms with van der Waals surface area (Å²) in [5.74, 6) is -0.0232. The molecule has 0 aliphatic rings. The molecule has 0 saturated heterocycles. The van der Waals surface area contributed by atoms with E-state index in [1.165, 1.54) is 0 Å². The lowest BCUT2D eigenvalue weighted by Gasteiger charge is -2.19. The van der Waals surface area contributed by atoms with E-state index in [1.54, 1.807) is 6.92 Å². The van der Waals surface area contributed by atoms with Gasteiger partial charge < -0.3 is 15.3 Å². The molecule has 1 amide bonds. The highest BCUT2D eigenvalue weighted by molar-refractivity contribution is 5.78. The second-order valence-corrected chi connectivity index (χ2v) is 3.85. The summed E-state index contributed by atoms with van der Waals surface area (Å²) in [6, 6.07) is 0. The van der Waals surface area contributed by atoms with Gasteiger partial charge in [-0.1, -0.05) is 13.8 Å². The fourth-order valence-corrected chi connectivity index (χ4v) is 1.10. The average molecular weight is 202 g/mol. The maximum atomic E-state index is 11.5. The van der Waals surface area contributed by atoms with Crippen LogP contribution in [0.5, 0.6) is 0 Å². The molecule has 0 fully saturated rings. The molecule has 2 unspecified atom stereocenters. The number of nitrogens with one attached hydrogen (secondary N) is 1. The van der Waals surface area contributed by atoms with Gasteiger partial charge >= 0.3 is 0 Å². The van der Waals surface area contributed by atoms with Crippen LogP contribution >= 0.6 is 0 Å². The van der Waals surface area contributed by atoms with Crippen molar-refractivity contribution in [3.05, 3.63) is 0 Å². The Kier molecular flexibility index (Phi) is 6.49. The number of aliphatic hydroxyl groups excluding tert-OH is 1. The maximum Gasteiger partial charge on any atom is 0.224 e. The molecule has 0 aliphatic heterocycles. The summed E-state index contributed by atoms with van der Waals surface area (Å²) in [5, 5.41) is 11.7. The molecule has 2 N–H and O–H groups in total. The number of hydrogen-bond acceptors (Lipinski definition) is 3. The molecule has 4 heteroatoms. The molecule has 0 heterocycles. The molecular formula is C10H22N2O2. The molecule has 0 aromatic heterocycles. The molecule has 2 atom stereocenters. The number of aliphatic hydroxyl groups is 1. The third kappa shape index (κ3) is 5.94. The van der Waals surface area contributed by atoms with Crippen LogP contribution in [0, 0.1) is 5.92 Å². The van der Waals surface area contributed by atoms with Crippen molar-refractivity contribution in [3.63, 3.8) is 0 Å². The summed E-state index contributed by atoms with van der Waals surface area (Å²) < 4.78 is 0. The number of hydrogen-bond donors (Lipinski definition) is 2. The van der Waals surface area contributed by atoms with E-state index < -0.39 is 6.10 Å². The number of carbonyl (C=O) groups is 1. The van der Waals surface area contributed by atoms with Gasteiger partial charge in [0.25, 0.3) is 0 Å². The topological polar surface area (TPSA) is 52.6 Å². The Bertz CT molecular complexity index is 172. The smallest absolute Gasteiger partial charge is 0.224 e. The van der Waals surface area contributed by atoms with Crippen molar-refractivity contribution >= 4 is 5.91 Å². The molecule has 0 aromatic carbocycles. The predicted molar refractivity (Wildman–Crippen MR) is 57.0 cm³/mol.